The van der Waals surface area contributed by atoms with E-state index in [-0.39, 0.29) is 5.41 Å². The van der Waals surface area contributed by atoms with Crippen molar-refractivity contribution in [3.63, 3.8) is 0 Å². The van der Waals surface area contributed by atoms with Gasteiger partial charge in [-0.15, -0.1) is 0 Å². The highest BCUT2D eigenvalue weighted by atomic mass is 16.5. The molecular weight excluding hydrogens is 202 g/mol. The number of methoxy groups -OCH3 is 1. The van der Waals surface area contributed by atoms with Gasteiger partial charge in [-0.3, -0.25) is 0 Å². The van der Waals surface area contributed by atoms with Crippen molar-refractivity contribution < 1.29 is 9.15 Å². The molecule has 16 heavy (non-hydrogen) atoms. The standard InChI is InChI=1S/C13H21NO2/c1-9-5-6-16-10(9)8-14-11-7-12(15-4)13(11,2)3/h5-6,11-12,14H,7-8H2,1-4H3. The van der Waals surface area contributed by atoms with Crippen LogP contribution in [0, 0.1) is 12.3 Å². The fourth-order valence-electron chi connectivity index (χ4n) is 2.43. The van der Waals surface area contributed by atoms with Gasteiger partial charge in [-0.2, -0.15) is 0 Å². The molecule has 90 valence electrons. The molecule has 3 nitrogen and oxygen atoms in total. The van der Waals surface area contributed by atoms with E-state index in [1.807, 2.05) is 6.07 Å². The Kier molecular flexibility index (Phi) is 3.08. The Hall–Kier alpha value is -0.800. The first-order chi connectivity index (χ1) is 7.55. The molecule has 1 aromatic rings. The number of ether oxygens (including phenoxy) is 1. The average Bonchev–Trinajstić information content (AvgIpc) is 2.63. The molecule has 0 saturated heterocycles. The zero-order valence-corrected chi connectivity index (χ0v) is 10.5. The summed E-state index contributed by atoms with van der Waals surface area (Å²) in [6, 6.07) is 2.52. The van der Waals surface area contributed by atoms with Gasteiger partial charge in [0.25, 0.3) is 0 Å². The highest BCUT2D eigenvalue weighted by molar-refractivity contribution is 5.15. The van der Waals surface area contributed by atoms with Crippen LogP contribution >= 0.6 is 0 Å². The number of hydrogen-bond donors (Lipinski definition) is 1. The van der Waals surface area contributed by atoms with Crippen LogP contribution in [0.5, 0.6) is 0 Å². The Morgan fingerprint density at radius 3 is 2.81 bits per heavy atom. The summed E-state index contributed by atoms with van der Waals surface area (Å²) in [6.07, 6.45) is 3.21. The van der Waals surface area contributed by atoms with Gasteiger partial charge < -0.3 is 14.5 Å². The summed E-state index contributed by atoms with van der Waals surface area (Å²) in [5.41, 5.74) is 1.43. The van der Waals surface area contributed by atoms with Crippen LogP contribution in [0.1, 0.15) is 31.6 Å². The van der Waals surface area contributed by atoms with Crippen LogP contribution in [0.2, 0.25) is 0 Å². The third-order valence-electron chi connectivity index (χ3n) is 3.94. The maximum atomic E-state index is 5.43. The minimum absolute atomic E-state index is 0.218. The van der Waals surface area contributed by atoms with E-state index >= 15 is 0 Å². The SMILES string of the molecule is COC1CC(NCc2occc2C)C1(C)C. The lowest BCUT2D eigenvalue weighted by molar-refractivity contribution is -0.0982. The normalized spacial score (nSPS) is 27.8. The van der Waals surface area contributed by atoms with Crippen molar-refractivity contribution in [1.82, 2.24) is 5.32 Å². The number of hydrogen-bond acceptors (Lipinski definition) is 3. The quantitative estimate of drug-likeness (QED) is 0.851. The van der Waals surface area contributed by atoms with E-state index in [2.05, 4.69) is 26.1 Å². The smallest absolute Gasteiger partial charge is 0.120 e. The van der Waals surface area contributed by atoms with Crippen molar-refractivity contribution >= 4 is 0 Å². The summed E-state index contributed by atoms with van der Waals surface area (Å²) in [5.74, 6) is 1.04. The minimum atomic E-state index is 0.218. The van der Waals surface area contributed by atoms with E-state index in [0.29, 0.717) is 12.1 Å². The van der Waals surface area contributed by atoms with Crippen molar-refractivity contribution in [2.45, 2.75) is 45.9 Å². The van der Waals surface area contributed by atoms with E-state index in [1.165, 1.54) is 5.56 Å². The molecule has 0 spiro atoms. The van der Waals surface area contributed by atoms with Gasteiger partial charge in [-0.1, -0.05) is 13.8 Å². The summed E-state index contributed by atoms with van der Waals surface area (Å²) in [5, 5.41) is 3.54. The summed E-state index contributed by atoms with van der Waals surface area (Å²) in [4.78, 5) is 0. The maximum absolute atomic E-state index is 5.43. The lowest BCUT2D eigenvalue weighted by atomic mass is 9.64. The van der Waals surface area contributed by atoms with Crippen LogP contribution < -0.4 is 5.32 Å². The fraction of sp³-hybridized carbons (Fsp3) is 0.692. The molecule has 1 aliphatic rings. The first-order valence-electron chi connectivity index (χ1n) is 5.85. The maximum Gasteiger partial charge on any atom is 0.120 e. The molecule has 0 bridgehead atoms. The second-order valence-corrected chi connectivity index (χ2v) is 5.24. The van der Waals surface area contributed by atoms with E-state index < -0.39 is 0 Å². The fourth-order valence-corrected chi connectivity index (χ4v) is 2.43. The molecule has 1 fully saturated rings. The van der Waals surface area contributed by atoms with Gasteiger partial charge in [0.05, 0.1) is 18.9 Å². The summed E-state index contributed by atoms with van der Waals surface area (Å²) in [6.45, 7) is 7.38. The zero-order chi connectivity index (χ0) is 11.8. The third-order valence-corrected chi connectivity index (χ3v) is 3.94. The summed E-state index contributed by atoms with van der Waals surface area (Å²) >= 11 is 0. The second kappa shape index (κ2) is 4.22. The number of aryl methyl sites for hydroxylation is 1. The Morgan fingerprint density at radius 1 is 1.56 bits per heavy atom. The molecule has 0 aromatic carbocycles. The van der Waals surface area contributed by atoms with Gasteiger partial charge in [0.2, 0.25) is 0 Å². The Bertz CT molecular complexity index is 357. The molecule has 1 aromatic heterocycles. The van der Waals surface area contributed by atoms with Crippen molar-refractivity contribution in [2.24, 2.45) is 5.41 Å². The molecule has 0 radical (unpaired) electrons. The zero-order valence-electron chi connectivity index (χ0n) is 10.5. The van der Waals surface area contributed by atoms with Gasteiger partial charge in [0.1, 0.15) is 5.76 Å². The van der Waals surface area contributed by atoms with E-state index in [9.17, 15) is 0 Å². The highest BCUT2D eigenvalue weighted by Gasteiger charge is 2.48. The van der Waals surface area contributed by atoms with Crippen LogP contribution in [-0.2, 0) is 11.3 Å². The third kappa shape index (κ3) is 1.89. The lowest BCUT2D eigenvalue weighted by Crippen LogP contribution is -2.60. The van der Waals surface area contributed by atoms with Crippen molar-refractivity contribution in [3.8, 4) is 0 Å². The molecular formula is C13H21NO2. The molecule has 2 rings (SSSR count). The largest absolute Gasteiger partial charge is 0.468 e. The minimum Gasteiger partial charge on any atom is -0.468 e. The summed E-state index contributed by atoms with van der Waals surface area (Å²) in [7, 11) is 1.79. The number of furan rings is 1. The predicted octanol–water partition coefficient (Wildman–Crippen LogP) is 2.49. The number of nitrogens with one attached hydrogen (secondary N) is 1. The van der Waals surface area contributed by atoms with E-state index in [4.69, 9.17) is 9.15 Å². The molecule has 1 aliphatic carbocycles. The molecule has 3 heteroatoms. The van der Waals surface area contributed by atoms with Crippen molar-refractivity contribution in [1.29, 1.82) is 0 Å². The lowest BCUT2D eigenvalue weighted by Gasteiger charge is -2.51. The average molecular weight is 223 g/mol. The Balaban J connectivity index is 1.87. The molecule has 0 aliphatic heterocycles. The first kappa shape index (κ1) is 11.7. The van der Waals surface area contributed by atoms with Crippen molar-refractivity contribution in [3.05, 3.63) is 23.7 Å². The van der Waals surface area contributed by atoms with Crippen LogP contribution in [0.3, 0.4) is 0 Å². The van der Waals surface area contributed by atoms with Crippen LogP contribution in [-0.4, -0.2) is 19.3 Å². The van der Waals surface area contributed by atoms with Gasteiger partial charge in [-0.25, -0.2) is 0 Å². The monoisotopic (exact) mass is 223 g/mol. The van der Waals surface area contributed by atoms with Gasteiger partial charge in [0, 0.05) is 18.6 Å². The van der Waals surface area contributed by atoms with E-state index in [1.54, 1.807) is 13.4 Å². The molecule has 1 heterocycles. The highest BCUT2D eigenvalue weighted by Crippen LogP contribution is 2.42. The first-order valence-corrected chi connectivity index (χ1v) is 5.85. The van der Waals surface area contributed by atoms with Gasteiger partial charge >= 0.3 is 0 Å². The molecule has 2 unspecified atom stereocenters. The van der Waals surface area contributed by atoms with Gasteiger partial charge in [-0.05, 0) is 25.0 Å². The topological polar surface area (TPSA) is 34.4 Å². The van der Waals surface area contributed by atoms with Gasteiger partial charge in [0.15, 0.2) is 0 Å². The summed E-state index contributed by atoms with van der Waals surface area (Å²) < 4.78 is 10.8. The Labute approximate surface area is 97.2 Å². The van der Waals surface area contributed by atoms with E-state index in [0.717, 1.165) is 18.7 Å². The Morgan fingerprint density at radius 2 is 2.31 bits per heavy atom. The molecule has 0 amide bonds. The van der Waals surface area contributed by atoms with Crippen LogP contribution in [0.25, 0.3) is 0 Å². The number of rotatable bonds is 4. The molecule has 1 saturated carbocycles. The van der Waals surface area contributed by atoms with Crippen LogP contribution in [0.15, 0.2) is 16.7 Å². The molecule has 1 N–H and O–H groups in total. The van der Waals surface area contributed by atoms with Crippen molar-refractivity contribution in [2.75, 3.05) is 7.11 Å². The van der Waals surface area contributed by atoms with Crippen LogP contribution in [0.4, 0.5) is 0 Å². The second-order valence-electron chi connectivity index (χ2n) is 5.24. The predicted molar refractivity (Wildman–Crippen MR) is 63.3 cm³/mol. The molecule has 2 atom stereocenters.